The lowest BCUT2D eigenvalue weighted by Gasteiger charge is -2.03. The molecule has 0 saturated carbocycles. The molecule has 0 bridgehead atoms. The number of hydrogen-bond donors (Lipinski definition) is 1. The van der Waals surface area contributed by atoms with Gasteiger partial charge in [-0.3, -0.25) is 0 Å². The molecule has 78 valence electrons. The van der Waals surface area contributed by atoms with Crippen LogP contribution in [0, 0.1) is 0 Å². The van der Waals surface area contributed by atoms with Crippen LogP contribution in [0.4, 0.5) is 0 Å². The van der Waals surface area contributed by atoms with Gasteiger partial charge in [0.15, 0.2) is 0 Å². The average molecular weight is 265 g/mol. The largest absolute Gasteiger partial charge is 0.365 e. The first-order valence-electron chi connectivity index (χ1n) is 3.75. The molecule has 1 aromatic carbocycles. The van der Waals surface area contributed by atoms with Crippen molar-refractivity contribution in [3.63, 3.8) is 0 Å². The highest BCUT2D eigenvalue weighted by atomic mass is 35.5. The molecule has 0 saturated heterocycles. The van der Waals surface area contributed by atoms with E-state index in [-0.39, 0.29) is 10.0 Å². The number of tetrazole rings is 1. The molecule has 0 fully saturated rings. The minimum atomic E-state index is -0.504. The third-order valence-corrected chi connectivity index (χ3v) is 2.71. The van der Waals surface area contributed by atoms with Gasteiger partial charge in [0.25, 0.3) is 0 Å². The van der Waals surface area contributed by atoms with Crippen LogP contribution in [-0.4, -0.2) is 20.2 Å². The molecular weight excluding hydrogens is 262 g/mol. The Balaban J connectivity index is 2.69. The van der Waals surface area contributed by atoms with Gasteiger partial charge in [-0.25, -0.2) is 9.89 Å². The highest BCUT2D eigenvalue weighted by molar-refractivity contribution is 6.43. The van der Waals surface area contributed by atoms with Crippen LogP contribution in [0.15, 0.2) is 16.9 Å². The molecule has 1 N–H and O–H groups in total. The van der Waals surface area contributed by atoms with E-state index < -0.39 is 5.69 Å². The summed E-state index contributed by atoms with van der Waals surface area (Å²) in [6.45, 7) is 0. The Bertz CT molecular complexity index is 562. The first-order chi connectivity index (χ1) is 7.09. The summed E-state index contributed by atoms with van der Waals surface area (Å²) in [5.41, 5.74) is -0.180. The molecule has 5 nitrogen and oxygen atoms in total. The fourth-order valence-corrected chi connectivity index (χ4v) is 1.65. The second-order valence-electron chi connectivity index (χ2n) is 2.64. The van der Waals surface area contributed by atoms with Crippen molar-refractivity contribution in [2.45, 2.75) is 0 Å². The van der Waals surface area contributed by atoms with Crippen molar-refractivity contribution in [1.29, 1.82) is 0 Å². The number of nitrogens with one attached hydrogen (secondary N) is 1. The quantitative estimate of drug-likeness (QED) is 0.801. The topological polar surface area (TPSA) is 63.6 Å². The summed E-state index contributed by atoms with van der Waals surface area (Å²) in [5.74, 6) is 0. The molecule has 0 aliphatic rings. The van der Waals surface area contributed by atoms with Crippen LogP contribution in [-0.2, 0) is 0 Å². The highest BCUT2D eigenvalue weighted by Gasteiger charge is 2.10. The van der Waals surface area contributed by atoms with Crippen LogP contribution < -0.4 is 5.69 Å². The zero-order chi connectivity index (χ0) is 11.0. The average Bonchev–Trinajstić information content (AvgIpc) is 2.58. The van der Waals surface area contributed by atoms with Crippen molar-refractivity contribution in [3.05, 3.63) is 37.7 Å². The molecular formula is C7H3Cl3N4O. The van der Waals surface area contributed by atoms with Gasteiger partial charge in [0.1, 0.15) is 0 Å². The van der Waals surface area contributed by atoms with E-state index in [1.54, 1.807) is 0 Å². The Morgan fingerprint density at radius 2 is 1.80 bits per heavy atom. The molecule has 0 aliphatic carbocycles. The van der Waals surface area contributed by atoms with Crippen LogP contribution >= 0.6 is 34.8 Å². The van der Waals surface area contributed by atoms with Crippen molar-refractivity contribution in [3.8, 4) is 5.69 Å². The Hall–Kier alpha value is -1.04. The van der Waals surface area contributed by atoms with E-state index in [1.807, 2.05) is 0 Å². The SMILES string of the molecule is O=c1[nH]nnn1-c1cc(Cl)c(Cl)cc1Cl. The number of aromatic nitrogens is 4. The molecule has 0 unspecified atom stereocenters. The minimum Gasteiger partial charge on any atom is -0.244 e. The standard InChI is InChI=1S/C7H3Cl3N4O/c8-3-1-5(10)6(2-4(3)9)14-7(15)11-12-13-14/h1-2H,(H,11,13,15). The predicted molar refractivity (Wildman–Crippen MR) is 57.0 cm³/mol. The van der Waals surface area contributed by atoms with Gasteiger partial charge in [0.05, 0.1) is 20.8 Å². The van der Waals surface area contributed by atoms with Gasteiger partial charge in [-0.2, -0.15) is 4.68 Å². The fourth-order valence-electron chi connectivity index (χ4n) is 1.03. The van der Waals surface area contributed by atoms with Gasteiger partial charge in [-0.05, 0) is 22.6 Å². The van der Waals surface area contributed by atoms with Crippen LogP contribution in [0.5, 0.6) is 0 Å². The third-order valence-electron chi connectivity index (χ3n) is 1.69. The van der Waals surface area contributed by atoms with Crippen LogP contribution in [0.25, 0.3) is 5.69 Å². The molecule has 15 heavy (non-hydrogen) atoms. The summed E-state index contributed by atoms with van der Waals surface area (Å²) in [6.07, 6.45) is 0. The lowest BCUT2D eigenvalue weighted by atomic mass is 10.3. The summed E-state index contributed by atoms with van der Waals surface area (Å²) >= 11 is 17.4. The van der Waals surface area contributed by atoms with Gasteiger partial charge >= 0.3 is 5.69 Å². The third kappa shape index (κ3) is 1.86. The number of aromatic amines is 1. The highest BCUT2D eigenvalue weighted by Crippen LogP contribution is 2.29. The Labute approximate surface area is 98.5 Å². The lowest BCUT2D eigenvalue weighted by molar-refractivity contribution is 0.780. The molecule has 2 aromatic rings. The van der Waals surface area contributed by atoms with Crippen molar-refractivity contribution in [2.75, 3.05) is 0 Å². The Morgan fingerprint density at radius 1 is 1.13 bits per heavy atom. The van der Waals surface area contributed by atoms with E-state index >= 15 is 0 Å². The molecule has 8 heteroatoms. The molecule has 1 aromatic heterocycles. The van der Waals surface area contributed by atoms with Crippen molar-refractivity contribution >= 4 is 34.8 Å². The summed E-state index contributed by atoms with van der Waals surface area (Å²) in [4.78, 5) is 11.2. The lowest BCUT2D eigenvalue weighted by Crippen LogP contribution is -2.16. The van der Waals surface area contributed by atoms with Gasteiger partial charge < -0.3 is 0 Å². The molecule has 2 rings (SSSR count). The summed E-state index contributed by atoms with van der Waals surface area (Å²) in [5, 5.41) is 9.86. The predicted octanol–water partition coefficient (Wildman–Crippen LogP) is 1.92. The number of hydrogen-bond acceptors (Lipinski definition) is 3. The second-order valence-corrected chi connectivity index (χ2v) is 3.86. The molecule has 0 aliphatic heterocycles. The molecule has 0 amide bonds. The number of halogens is 3. The van der Waals surface area contributed by atoms with Crippen molar-refractivity contribution in [2.24, 2.45) is 0 Å². The van der Waals surface area contributed by atoms with Gasteiger partial charge in [0.2, 0.25) is 0 Å². The number of rotatable bonds is 1. The van der Waals surface area contributed by atoms with Crippen molar-refractivity contribution < 1.29 is 0 Å². The number of H-pyrrole nitrogens is 1. The number of benzene rings is 1. The fraction of sp³-hybridized carbons (Fsp3) is 0. The first kappa shape index (κ1) is 10.5. The monoisotopic (exact) mass is 264 g/mol. The summed E-state index contributed by atoms with van der Waals surface area (Å²) in [6, 6.07) is 2.87. The van der Waals surface area contributed by atoms with Gasteiger partial charge in [0, 0.05) is 0 Å². The second kappa shape index (κ2) is 3.84. The maximum atomic E-state index is 11.2. The van der Waals surface area contributed by atoms with Gasteiger partial charge in [-0.15, -0.1) is 0 Å². The van der Waals surface area contributed by atoms with Crippen LogP contribution in [0.1, 0.15) is 0 Å². The van der Waals surface area contributed by atoms with Crippen molar-refractivity contribution in [1.82, 2.24) is 20.2 Å². The summed E-state index contributed by atoms with van der Waals surface area (Å²) in [7, 11) is 0. The Morgan fingerprint density at radius 3 is 2.40 bits per heavy atom. The van der Waals surface area contributed by atoms with E-state index in [0.717, 1.165) is 4.68 Å². The zero-order valence-corrected chi connectivity index (χ0v) is 9.31. The normalized spacial score (nSPS) is 10.6. The van der Waals surface area contributed by atoms with E-state index in [0.29, 0.717) is 10.7 Å². The summed E-state index contributed by atoms with van der Waals surface area (Å²) < 4.78 is 0.991. The van der Waals surface area contributed by atoms with E-state index in [2.05, 4.69) is 15.5 Å². The van der Waals surface area contributed by atoms with E-state index in [4.69, 9.17) is 34.8 Å². The van der Waals surface area contributed by atoms with Crippen LogP contribution in [0.2, 0.25) is 15.1 Å². The van der Waals surface area contributed by atoms with Gasteiger partial charge in [-0.1, -0.05) is 34.8 Å². The minimum absolute atomic E-state index is 0.264. The van der Waals surface area contributed by atoms with E-state index in [9.17, 15) is 4.79 Å². The number of nitrogens with zero attached hydrogens (tertiary/aromatic N) is 3. The van der Waals surface area contributed by atoms with Crippen LogP contribution in [0.3, 0.4) is 0 Å². The molecule has 0 spiro atoms. The smallest absolute Gasteiger partial charge is 0.244 e. The Kier molecular flexibility index (Phi) is 2.68. The molecule has 0 atom stereocenters. The zero-order valence-electron chi connectivity index (χ0n) is 7.04. The first-order valence-corrected chi connectivity index (χ1v) is 4.88. The molecule has 1 heterocycles. The van der Waals surface area contributed by atoms with E-state index in [1.165, 1.54) is 12.1 Å². The molecule has 0 radical (unpaired) electrons. The maximum Gasteiger partial charge on any atom is 0.365 e. The maximum absolute atomic E-state index is 11.2.